The second kappa shape index (κ2) is 13.6. The normalized spacial score (nSPS) is 13.1. The Labute approximate surface area is 203 Å². The van der Waals surface area contributed by atoms with Crippen LogP contribution in [0, 0.1) is 0 Å². The van der Waals surface area contributed by atoms with Crippen molar-refractivity contribution in [1.82, 2.24) is 0 Å². The number of hydrogen-bond donors (Lipinski definition) is 3. The Morgan fingerprint density at radius 1 is 1.24 bits per heavy atom. The van der Waals surface area contributed by atoms with Crippen molar-refractivity contribution in [2.45, 2.75) is 24.7 Å². The van der Waals surface area contributed by atoms with Gasteiger partial charge in [-0.25, -0.2) is 0 Å². The van der Waals surface area contributed by atoms with Crippen molar-refractivity contribution in [2.75, 3.05) is 13.2 Å². The van der Waals surface area contributed by atoms with E-state index in [1.807, 2.05) is 0 Å². The van der Waals surface area contributed by atoms with Gasteiger partial charge in [0.15, 0.2) is 0 Å². The van der Waals surface area contributed by atoms with Gasteiger partial charge in [-0.1, -0.05) is 46.2 Å². The van der Waals surface area contributed by atoms with E-state index in [1.165, 1.54) is 12.1 Å². The SMILES string of the molecule is C/C(=C/C(=C\CC[O-])Cc1c(Cl)ccc(S([O-])(O)O)c1Cl)CO.[Na+].[Na+]. The predicted molar refractivity (Wildman–Crippen MR) is 90.5 cm³/mol. The minimum Gasteiger partial charge on any atom is -0.854 e. The molecule has 0 aliphatic rings. The quantitative estimate of drug-likeness (QED) is 0.327. The molecule has 25 heavy (non-hydrogen) atoms. The van der Waals surface area contributed by atoms with Crippen LogP contribution in [0.15, 0.2) is 40.3 Å². The molecule has 0 heterocycles. The summed E-state index contributed by atoms with van der Waals surface area (Å²) in [6.07, 6.45) is 3.87. The van der Waals surface area contributed by atoms with Gasteiger partial charge in [0.2, 0.25) is 0 Å². The monoisotopic (exact) mass is 426 g/mol. The first-order chi connectivity index (χ1) is 10.7. The Kier molecular flexibility index (Phi) is 15.6. The van der Waals surface area contributed by atoms with E-state index in [4.69, 9.17) is 28.3 Å². The number of aliphatic hydroxyl groups excluding tert-OH is 1. The Bertz CT molecular complexity index is 619. The van der Waals surface area contributed by atoms with Crippen molar-refractivity contribution in [3.05, 3.63) is 51.0 Å². The molecule has 0 saturated carbocycles. The summed E-state index contributed by atoms with van der Waals surface area (Å²) < 4.78 is 30.0. The van der Waals surface area contributed by atoms with Gasteiger partial charge in [-0.15, -0.1) is 6.61 Å². The molecule has 0 unspecified atom stereocenters. The third-order valence-electron chi connectivity index (χ3n) is 3.02. The van der Waals surface area contributed by atoms with E-state index in [1.54, 1.807) is 19.1 Å². The molecule has 0 spiro atoms. The van der Waals surface area contributed by atoms with E-state index in [9.17, 15) is 18.8 Å². The van der Waals surface area contributed by atoms with Crippen molar-refractivity contribution in [3.8, 4) is 0 Å². The number of rotatable bonds is 7. The molecule has 0 aromatic heterocycles. The molecule has 5 nitrogen and oxygen atoms in total. The molecule has 0 aliphatic heterocycles. The number of hydrogen-bond acceptors (Lipinski definition) is 5. The molecule has 0 atom stereocenters. The van der Waals surface area contributed by atoms with Crippen LogP contribution >= 0.6 is 34.1 Å². The fraction of sp³-hybridized carbons (Fsp3) is 0.333. The number of halogens is 2. The largest absolute Gasteiger partial charge is 1.00 e. The molecule has 1 rings (SSSR count). The van der Waals surface area contributed by atoms with Crippen molar-refractivity contribution >= 4 is 34.1 Å². The minimum atomic E-state index is -4.22. The smallest absolute Gasteiger partial charge is 0.854 e. The van der Waals surface area contributed by atoms with Crippen LogP contribution in [0.1, 0.15) is 18.9 Å². The molecule has 0 saturated heterocycles. The fourth-order valence-electron chi connectivity index (χ4n) is 1.94. The maximum atomic E-state index is 11.4. The molecule has 0 amide bonds. The molecular weight excluding hydrogens is 409 g/mol. The van der Waals surface area contributed by atoms with Crippen molar-refractivity contribution < 1.29 is 83.0 Å². The van der Waals surface area contributed by atoms with E-state index in [0.717, 1.165) is 0 Å². The van der Waals surface area contributed by atoms with Crippen LogP contribution in [-0.4, -0.2) is 32.0 Å². The van der Waals surface area contributed by atoms with E-state index in [2.05, 4.69) is 0 Å². The zero-order valence-corrected chi connectivity index (χ0v) is 20.8. The molecule has 10 heteroatoms. The zero-order valence-electron chi connectivity index (χ0n) is 14.5. The average molecular weight is 427 g/mol. The van der Waals surface area contributed by atoms with Gasteiger partial charge >= 0.3 is 59.1 Å². The number of allylic oxidation sites excluding steroid dienone is 2. The molecule has 130 valence electrons. The van der Waals surface area contributed by atoms with Crippen molar-refractivity contribution in [2.24, 2.45) is 0 Å². The van der Waals surface area contributed by atoms with Crippen molar-refractivity contribution in [3.63, 3.8) is 0 Å². The van der Waals surface area contributed by atoms with Gasteiger partial charge in [-0.05, 0) is 42.2 Å². The molecule has 0 fully saturated rings. The third-order valence-corrected chi connectivity index (χ3v) is 4.83. The summed E-state index contributed by atoms with van der Waals surface area (Å²) in [5.74, 6) is 0. The minimum absolute atomic E-state index is 0. The summed E-state index contributed by atoms with van der Waals surface area (Å²) in [5, 5.41) is 20.0. The van der Waals surface area contributed by atoms with Gasteiger partial charge in [0.25, 0.3) is 0 Å². The average Bonchev–Trinajstić information content (AvgIpc) is 2.46. The van der Waals surface area contributed by atoms with Gasteiger partial charge in [0.1, 0.15) is 0 Å². The Hall–Kier alpha value is 1.43. The van der Waals surface area contributed by atoms with E-state index < -0.39 is 10.9 Å². The molecule has 1 aromatic rings. The van der Waals surface area contributed by atoms with Crippen LogP contribution in [0.2, 0.25) is 10.0 Å². The molecule has 3 N–H and O–H groups in total. The van der Waals surface area contributed by atoms with E-state index in [0.29, 0.717) is 16.7 Å². The van der Waals surface area contributed by atoms with Crippen LogP contribution in [0.3, 0.4) is 0 Å². The summed E-state index contributed by atoms with van der Waals surface area (Å²) in [6.45, 7) is 1.29. The summed E-state index contributed by atoms with van der Waals surface area (Å²) in [6, 6.07) is 2.56. The zero-order chi connectivity index (χ0) is 17.6. The summed E-state index contributed by atoms with van der Waals surface area (Å²) >= 11 is 12.2. The van der Waals surface area contributed by atoms with Crippen LogP contribution in [-0.2, 0) is 6.42 Å². The van der Waals surface area contributed by atoms with Gasteiger partial charge in [-0.2, -0.15) is 0 Å². The Balaban J connectivity index is 0. The molecule has 0 radical (unpaired) electrons. The van der Waals surface area contributed by atoms with Crippen molar-refractivity contribution in [1.29, 1.82) is 0 Å². The molecule has 1 aromatic carbocycles. The maximum Gasteiger partial charge on any atom is 1.00 e. The topological polar surface area (TPSA) is 107 Å². The number of aliphatic hydroxyl groups is 1. The van der Waals surface area contributed by atoms with Gasteiger partial charge in [0.05, 0.1) is 11.6 Å². The predicted octanol–water partition coefficient (Wildman–Crippen LogP) is -2.60. The first-order valence-electron chi connectivity index (χ1n) is 6.71. The standard InChI is InChI=1S/C15H19Cl2O5S.2Na/c1-10(9-19)7-11(3-2-6-18)8-12-13(16)4-5-14(15(12)17)23(20,21)22;;/h3-5,7,19-22H,2,6,8-9H2,1H3;;/q-1;2*+1/p-1/b10-7-,11-3+;;. The van der Waals surface area contributed by atoms with Gasteiger partial charge in [-0.3, -0.25) is 0 Å². The Morgan fingerprint density at radius 2 is 1.84 bits per heavy atom. The molecular formula is C15H18Cl2Na2O5S. The first-order valence-corrected chi connectivity index (χ1v) is 8.94. The fourth-order valence-corrected chi connectivity index (χ4v) is 3.34. The molecule has 0 aliphatic carbocycles. The van der Waals surface area contributed by atoms with Gasteiger partial charge < -0.3 is 23.9 Å². The summed E-state index contributed by atoms with van der Waals surface area (Å²) in [7, 11) is -4.22. The second-order valence-corrected chi connectivity index (χ2v) is 7.15. The Morgan fingerprint density at radius 3 is 2.32 bits per heavy atom. The third kappa shape index (κ3) is 9.45. The van der Waals surface area contributed by atoms with E-state index >= 15 is 0 Å². The van der Waals surface area contributed by atoms with Crippen LogP contribution in [0.5, 0.6) is 0 Å². The molecule has 0 bridgehead atoms. The summed E-state index contributed by atoms with van der Waals surface area (Å²) in [5.41, 5.74) is 1.73. The van der Waals surface area contributed by atoms with Crippen LogP contribution in [0.25, 0.3) is 0 Å². The van der Waals surface area contributed by atoms with E-state index in [-0.39, 0.29) is 100 Å². The first kappa shape index (κ1) is 28.6. The summed E-state index contributed by atoms with van der Waals surface area (Å²) in [4.78, 5) is -0.315. The van der Waals surface area contributed by atoms with Gasteiger partial charge in [0, 0.05) is 16.3 Å². The second-order valence-electron chi connectivity index (χ2n) is 4.93. The van der Waals surface area contributed by atoms with Crippen LogP contribution in [0.4, 0.5) is 0 Å². The van der Waals surface area contributed by atoms with Crippen LogP contribution < -0.4 is 64.2 Å². The maximum absolute atomic E-state index is 11.4. The number of benzene rings is 1.